The maximum absolute atomic E-state index is 4.81. The molecular formula is C18H31N3. The molecule has 0 radical (unpaired) electrons. The lowest BCUT2D eigenvalue weighted by Gasteiger charge is -2.31. The molecule has 0 aliphatic carbocycles. The van der Waals surface area contributed by atoms with Crippen LogP contribution in [0, 0.1) is 12.8 Å². The average Bonchev–Trinajstić information content (AvgIpc) is 2.87. The molecule has 1 saturated heterocycles. The zero-order valence-corrected chi connectivity index (χ0v) is 14.8. The number of aromatic nitrogens is 1. The second-order valence-electron chi connectivity index (χ2n) is 7.59. The van der Waals surface area contributed by atoms with E-state index in [1.165, 1.54) is 23.4 Å². The predicted octanol–water partition coefficient (Wildman–Crippen LogP) is 3.46. The molecule has 1 aliphatic rings. The Balaban J connectivity index is 2.21. The monoisotopic (exact) mass is 289 g/mol. The number of rotatable bonds is 4. The van der Waals surface area contributed by atoms with Gasteiger partial charge in [-0.2, -0.15) is 0 Å². The van der Waals surface area contributed by atoms with Crippen molar-refractivity contribution in [3.63, 3.8) is 0 Å². The number of nitrogens with zero attached hydrogens (tertiary/aromatic N) is 3. The fraction of sp³-hybridized carbons (Fsp3) is 0.722. The number of aryl methyl sites for hydroxylation is 1. The van der Waals surface area contributed by atoms with Crippen LogP contribution in [-0.2, 0) is 5.41 Å². The van der Waals surface area contributed by atoms with Crippen molar-refractivity contribution in [1.82, 2.24) is 9.88 Å². The fourth-order valence-corrected chi connectivity index (χ4v) is 2.94. The molecule has 0 unspecified atom stereocenters. The lowest BCUT2D eigenvalue weighted by molar-refractivity contribution is 0.315. The minimum atomic E-state index is 0.174. The molecule has 2 heterocycles. The van der Waals surface area contributed by atoms with E-state index in [1.807, 2.05) is 0 Å². The number of pyridine rings is 1. The number of hydrogen-bond acceptors (Lipinski definition) is 3. The first-order valence-electron chi connectivity index (χ1n) is 8.12. The summed E-state index contributed by atoms with van der Waals surface area (Å²) in [5.41, 5.74) is 2.83. The fourth-order valence-electron chi connectivity index (χ4n) is 2.94. The van der Waals surface area contributed by atoms with Crippen molar-refractivity contribution in [2.24, 2.45) is 5.92 Å². The van der Waals surface area contributed by atoms with Crippen LogP contribution in [0.25, 0.3) is 0 Å². The smallest absolute Gasteiger partial charge is 0.131 e. The molecule has 3 nitrogen and oxygen atoms in total. The van der Waals surface area contributed by atoms with Crippen molar-refractivity contribution in [2.75, 3.05) is 32.1 Å². The molecule has 0 saturated carbocycles. The van der Waals surface area contributed by atoms with E-state index in [0.29, 0.717) is 12.0 Å². The predicted molar refractivity (Wildman–Crippen MR) is 91.1 cm³/mol. The van der Waals surface area contributed by atoms with Crippen molar-refractivity contribution in [3.05, 3.63) is 23.4 Å². The summed E-state index contributed by atoms with van der Waals surface area (Å²) in [5, 5.41) is 0. The largest absolute Gasteiger partial charge is 0.355 e. The Labute approximate surface area is 130 Å². The number of likely N-dealkylation sites (N-methyl/N-ethyl adjacent to an activating group) is 1. The maximum Gasteiger partial charge on any atom is 0.131 e. The Morgan fingerprint density at radius 1 is 1.33 bits per heavy atom. The first kappa shape index (κ1) is 16.3. The van der Waals surface area contributed by atoms with Gasteiger partial charge in [0.15, 0.2) is 0 Å². The highest BCUT2D eigenvalue weighted by Crippen LogP contribution is 2.33. The first-order chi connectivity index (χ1) is 9.73. The van der Waals surface area contributed by atoms with Crippen LogP contribution in [0.5, 0.6) is 0 Å². The first-order valence-corrected chi connectivity index (χ1v) is 8.12. The Kier molecular flexibility index (Phi) is 4.62. The summed E-state index contributed by atoms with van der Waals surface area (Å²) in [6, 6.07) is 2.99. The van der Waals surface area contributed by atoms with Crippen molar-refractivity contribution in [2.45, 2.75) is 52.5 Å². The van der Waals surface area contributed by atoms with Crippen molar-refractivity contribution < 1.29 is 0 Å². The van der Waals surface area contributed by atoms with E-state index in [0.717, 1.165) is 13.1 Å². The van der Waals surface area contributed by atoms with E-state index in [1.54, 1.807) is 0 Å². The van der Waals surface area contributed by atoms with E-state index >= 15 is 0 Å². The van der Waals surface area contributed by atoms with Crippen LogP contribution < -0.4 is 4.90 Å². The van der Waals surface area contributed by atoms with Crippen LogP contribution in [0.4, 0.5) is 5.82 Å². The molecule has 118 valence electrons. The number of hydrogen-bond donors (Lipinski definition) is 0. The van der Waals surface area contributed by atoms with Gasteiger partial charge >= 0.3 is 0 Å². The third-order valence-corrected chi connectivity index (χ3v) is 5.43. The Hall–Kier alpha value is -1.09. The third kappa shape index (κ3) is 3.23. The van der Waals surface area contributed by atoms with Crippen LogP contribution in [0.3, 0.4) is 0 Å². The van der Waals surface area contributed by atoms with Crippen molar-refractivity contribution in [3.8, 4) is 0 Å². The molecule has 2 rings (SSSR count). The molecule has 0 spiro atoms. The van der Waals surface area contributed by atoms with Gasteiger partial charge in [-0.05, 0) is 49.9 Å². The van der Waals surface area contributed by atoms with Crippen LogP contribution in [-0.4, -0.2) is 43.1 Å². The lowest BCUT2D eigenvalue weighted by Crippen LogP contribution is -2.32. The molecule has 21 heavy (non-hydrogen) atoms. The molecule has 0 N–H and O–H groups in total. The van der Waals surface area contributed by atoms with E-state index in [2.05, 4.69) is 70.8 Å². The minimum Gasteiger partial charge on any atom is -0.355 e. The average molecular weight is 289 g/mol. The molecular weight excluding hydrogens is 258 g/mol. The topological polar surface area (TPSA) is 19.4 Å². The zero-order valence-electron chi connectivity index (χ0n) is 14.8. The highest BCUT2D eigenvalue weighted by atomic mass is 15.3. The lowest BCUT2D eigenvalue weighted by atomic mass is 9.75. The summed E-state index contributed by atoms with van der Waals surface area (Å²) in [6.45, 7) is 13.6. The molecule has 0 amide bonds. The molecule has 3 heteroatoms. The van der Waals surface area contributed by atoms with Crippen LogP contribution >= 0.6 is 0 Å². The summed E-state index contributed by atoms with van der Waals surface area (Å²) in [6.07, 6.45) is 3.32. The Morgan fingerprint density at radius 2 is 2.00 bits per heavy atom. The zero-order chi connectivity index (χ0) is 15.8. The van der Waals surface area contributed by atoms with Crippen LogP contribution in [0.1, 0.15) is 45.2 Å². The van der Waals surface area contributed by atoms with Gasteiger partial charge in [0.05, 0.1) is 0 Å². The minimum absolute atomic E-state index is 0.174. The third-order valence-electron chi connectivity index (χ3n) is 5.43. The molecule has 0 bridgehead atoms. The second kappa shape index (κ2) is 5.96. The van der Waals surface area contributed by atoms with Crippen LogP contribution in [0.2, 0.25) is 0 Å². The molecule has 1 aromatic rings. The normalized spacial score (nSPS) is 19.9. The van der Waals surface area contributed by atoms with Crippen LogP contribution in [0.15, 0.2) is 12.3 Å². The highest BCUT2D eigenvalue weighted by molar-refractivity contribution is 5.49. The van der Waals surface area contributed by atoms with Gasteiger partial charge in [0, 0.05) is 25.3 Å². The van der Waals surface area contributed by atoms with Crippen molar-refractivity contribution >= 4 is 5.82 Å². The van der Waals surface area contributed by atoms with Gasteiger partial charge in [0.25, 0.3) is 0 Å². The molecule has 1 atom stereocenters. The summed E-state index contributed by atoms with van der Waals surface area (Å²) in [5.74, 6) is 1.78. The van der Waals surface area contributed by atoms with Gasteiger partial charge in [0.2, 0.25) is 0 Å². The summed E-state index contributed by atoms with van der Waals surface area (Å²) >= 11 is 0. The maximum atomic E-state index is 4.81. The van der Waals surface area contributed by atoms with Gasteiger partial charge < -0.3 is 9.80 Å². The van der Waals surface area contributed by atoms with Gasteiger partial charge in [-0.3, -0.25) is 0 Å². The second-order valence-corrected chi connectivity index (χ2v) is 7.59. The van der Waals surface area contributed by atoms with E-state index in [-0.39, 0.29) is 5.41 Å². The highest BCUT2D eigenvalue weighted by Gasteiger charge is 2.28. The van der Waals surface area contributed by atoms with Gasteiger partial charge in [-0.15, -0.1) is 0 Å². The summed E-state index contributed by atoms with van der Waals surface area (Å²) in [4.78, 5) is 9.57. The summed E-state index contributed by atoms with van der Waals surface area (Å²) in [7, 11) is 4.34. The SMILES string of the molecule is Cc1cc(C(C)(C)C(C)C)cnc1N1CC[C@@H](N(C)C)C1. The van der Waals surface area contributed by atoms with Gasteiger partial charge in [-0.1, -0.05) is 33.8 Å². The van der Waals surface area contributed by atoms with E-state index < -0.39 is 0 Å². The number of anilines is 1. The standard InChI is InChI=1S/C18H31N3/c1-13(2)18(4,5)15-10-14(3)17(19-11-15)21-9-8-16(12-21)20(6)7/h10-11,13,16H,8-9,12H2,1-7H3/t16-/m1/s1. The molecule has 0 aromatic carbocycles. The van der Waals surface area contributed by atoms with Gasteiger partial charge in [-0.25, -0.2) is 4.98 Å². The van der Waals surface area contributed by atoms with Gasteiger partial charge in [0.1, 0.15) is 5.82 Å². The van der Waals surface area contributed by atoms with Crippen molar-refractivity contribution in [1.29, 1.82) is 0 Å². The summed E-state index contributed by atoms with van der Waals surface area (Å²) < 4.78 is 0. The molecule has 1 aromatic heterocycles. The van der Waals surface area contributed by atoms with E-state index in [4.69, 9.17) is 4.98 Å². The van der Waals surface area contributed by atoms with E-state index in [9.17, 15) is 0 Å². The quantitative estimate of drug-likeness (QED) is 0.846. The molecule has 1 aliphatic heterocycles. The Bertz CT molecular complexity index is 491. The Morgan fingerprint density at radius 3 is 2.48 bits per heavy atom. The molecule has 1 fully saturated rings.